The van der Waals surface area contributed by atoms with Gasteiger partial charge in [-0.05, 0) is 38.5 Å². The minimum atomic E-state index is -0.663. The zero-order chi connectivity index (χ0) is 23.0. The second-order valence-corrected chi connectivity index (χ2v) is 7.83. The highest BCUT2D eigenvalue weighted by Gasteiger charge is 2.22. The lowest BCUT2D eigenvalue weighted by Crippen LogP contribution is -2.28. The minimum Gasteiger partial charge on any atom is -0.454 e. The fourth-order valence-corrected chi connectivity index (χ4v) is 3.96. The molecule has 2 aromatic rings. The molecule has 0 saturated carbocycles. The molecule has 166 valence electrons. The van der Waals surface area contributed by atoms with E-state index in [0.717, 1.165) is 0 Å². The van der Waals surface area contributed by atoms with Crippen LogP contribution in [0.4, 0.5) is 0 Å². The van der Waals surface area contributed by atoms with Gasteiger partial charge in [0.15, 0.2) is 12.4 Å². The predicted molar refractivity (Wildman–Crippen MR) is 117 cm³/mol. The van der Waals surface area contributed by atoms with Crippen molar-refractivity contribution in [3.8, 4) is 0 Å². The summed E-state index contributed by atoms with van der Waals surface area (Å²) < 4.78 is 10.1. The number of hydrogen-bond acceptors (Lipinski definition) is 7. The van der Waals surface area contributed by atoms with Crippen molar-refractivity contribution < 1.29 is 28.7 Å². The normalized spacial score (nSPS) is 10.6. The predicted octanol–water partition coefficient (Wildman–Crippen LogP) is 2.73. The maximum absolute atomic E-state index is 12.6. The van der Waals surface area contributed by atoms with Gasteiger partial charge in [-0.2, -0.15) is 0 Å². The molecule has 1 heterocycles. The van der Waals surface area contributed by atoms with Crippen LogP contribution in [0.15, 0.2) is 29.2 Å². The van der Waals surface area contributed by atoms with Gasteiger partial charge in [-0.1, -0.05) is 12.1 Å². The van der Waals surface area contributed by atoms with E-state index < -0.39 is 18.4 Å². The summed E-state index contributed by atoms with van der Waals surface area (Å²) in [4.78, 5) is 52.2. The Bertz CT molecular complexity index is 982. The number of hydrogen-bond donors (Lipinski definition) is 2. The number of aromatic nitrogens is 1. The average Bonchev–Trinajstić information content (AvgIpc) is 3.04. The molecule has 0 unspecified atom stereocenters. The van der Waals surface area contributed by atoms with Gasteiger partial charge in [-0.3, -0.25) is 14.4 Å². The number of methoxy groups -OCH3 is 1. The average molecular weight is 447 g/mol. The first-order chi connectivity index (χ1) is 14.8. The number of ketones is 2. The summed E-state index contributed by atoms with van der Waals surface area (Å²) in [6, 6.07) is 6.72. The van der Waals surface area contributed by atoms with E-state index in [9.17, 15) is 19.2 Å². The van der Waals surface area contributed by atoms with E-state index in [0.29, 0.717) is 34.9 Å². The van der Waals surface area contributed by atoms with Crippen LogP contribution in [-0.2, 0) is 14.3 Å². The third-order valence-electron chi connectivity index (χ3n) is 4.50. The Hall–Kier alpha value is -2.91. The molecule has 0 aliphatic rings. The van der Waals surface area contributed by atoms with Gasteiger partial charge in [0, 0.05) is 29.8 Å². The molecular weight excluding hydrogens is 420 g/mol. The highest BCUT2D eigenvalue weighted by atomic mass is 32.2. The van der Waals surface area contributed by atoms with E-state index in [-0.39, 0.29) is 28.7 Å². The molecule has 0 fully saturated rings. The summed E-state index contributed by atoms with van der Waals surface area (Å²) in [6.45, 7) is 5.19. The Morgan fingerprint density at radius 3 is 2.48 bits per heavy atom. The van der Waals surface area contributed by atoms with Crippen molar-refractivity contribution in [1.29, 1.82) is 0 Å². The van der Waals surface area contributed by atoms with Crippen LogP contribution in [0, 0.1) is 13.8 Å². The van der Waals surface area contributed by atoms with Crippen molar-refractivity contribution in [2.45, 2.75) is 25.7 Å². The maximum Gasteiger partial charge on any atom is 0.339 e. The molecule has 0 aliphatic carbocycles. The number of thioether (sulfide) groups is 1. The summed E-state index contributed by atoms with van der Waals surface area (Å²) in [6.07, 6.45) is 0. The van der Waals surface area contributed by atoms with Gasteiger partial charge in [0.05, 0.1) is 23.6 Å². The second kappa shape index (κ2) is 11.5. The van der Waals surface area contributed by atoms with Crippen LogP contribution in [-0.4, -0.2) is 61.0 Å². The number of ether oxygens (including phenoxy) is 2. The van der Waals surface area contributed by atoms with Crippen molar-refractivity contribution in [2.24, 2.45) is 0 Å². The lowest BCUT2D eigenvalue weighted by atomic mass is 10.1. The second-order valence-electron chi connectivity index (χ2n) is 6.81. The number of aromatic amines is 1. The number of rotatable bonds is 11. The molecule has 0 spiro atoms. The third kappa shape index (κ3) is 6.53. The van der Waals surface area contributed by atoms with E-state index >= 15 is 0 Å². The lowest BCUT2D eigenvalue weighted by molar-refractivity contribution is -0.118. The minimum absolute atomic E-state index is 0.127. The van der Waals surface area contributed by atoms with Crippen LogP contribution in [0.2, 0.25) is 0 Å². The van der Waals surface area contributed by atoms with Gasteiger partial charge in [0.25, 0.3) is 0 Å². The molecule has 2 N–H and O–H groups in total. The Morgan fingerprint density at radius 1 is 1.13 bits per heavy atom. The topological polar surface area (TPSA) is 115 Å². The lowest BCUT2D eigenvalue weighted by Gasteiger charge is -2.09. The van der Waals surface area contributed by atoms with Gasteiger partial charge in [0.2, 0.25) is 11.7 Å². The number of carbonyl (C=O) groups excluding carboxylic acids is 4. The van der Waals surface area contributed by atoms with Crippen LogP contribution in [0.3, 0.4) is 0 Å². The molecule has 9 heteroatoms. The van der Waals surface area contributed by atoms with E-state index in [1.807, 2.05) is 0 Å². The molecule has 0 radical (unpaired) electrons. The van der Waals surface area contributed by atoms with Gasteiger partial charge < -0.3 is 19.8 Å². The number of benzene rings is 1. The van der Waals surface area contributed by atoms with Crippen LogP contribution in [0.5, 0.6) is 0 Å². The Kier molecular flexibility index (Phi) is 9.02. The van der Waals surface area contributed by atoms with Crippen molar-refractivity contribution in [1.82, 2.24) is 10.3 Å². The van der Waals surface area contributed by atoms with Gasteiger partial charge in [0.1, 0.15) is 0 Å². The Balaban J connectivity index is 2.00. The first-order valence-corrected chi connectivity index (χ1v) is 10.6. The highest BCUT2D eigenvalue weighted by Crippen LogP contribution is 2.24. The molecular formula is C22H26N2O6S. The van der Waals surface area contributed by atoms with Gasteiger partial charge >= 0.3 is 5.97 Å². The fourth-order valence-electron chi connectivity index (χ4n) is 3.09. The van der Waals surface area contributed by atoms with E-state index in [2.05, 4.69) is 10.3 Å². The van der Waals surface area contributed by atoms with Crippen LogP contribution in [0.1, 0.15) is 49.4 Å². The summed E-state index contributed by atoms with van der Waals surface area (Å²) >= 11 is 1.20. The van der Waals surface area contributed by atoms with E-state index in [4.69, 9.17) is 9.47 Å². The number of carbonyl (C=O) groups is 4. The SMILES string of the molecule is COCCNC(=O)CSc1ccccc1C(=O)OCC(=O)c1[nH]c(C)c(C(C)=O)c1C. The first kappa shape index (κ1) is 24.4. The van der Waals surface area contributed by atoms with Crippen LogP contribution in [0.25, 0.3) is 0 Å². The van der Waals surface area contributed by atoms with Crippen molar-refractivity contribution in [3.63, 3.8) is 0 Å². The van der Waals surface area contributed by atoms with Crippen molar-refractivity contribution >= 4 is 35.2 Å². The number of Topliss-reactive ketones (excluding diaryl/α,β-unsaturated/α-hetero) is 2. The molecule has 0 atom stereocenters. The van der Waals surface area contributed by atoms with Crippen molar-refractivity contribution in [2.75, 3.05) is 32.6 Å². The molecule has 0 aliphatic heterocycles. The standard InChI is InChI=1S/C22H26N2O6S/c1-13-20(15(3)25)14(2)24-21(13)17(26)11-30-22(28)16-7-5-6-8-18(16)31-12-19(27)23-9-10-29-4/h5-8,24H,9-12H2,1-4H3,(H,23,27). The molecule has 31 heavy (non-hydrogen) atoms. The monoisotopic (exact) mass is 446 g/mol. The molecule has 0 saturated heterocycles. The van der Waals surface area contributed by atoms with Crippen LogP contribution < -0.4 is 5.32 Å². The zero-order valence-electron chi connectivity index (χ0n) is 18.0. The van der Waals surface area contributed by atoms with Crippen LogP contribution >= 0.6 is 11.8 Å². The molecule has 1 aromatic carbocycles. The van der Waals surface area contributed by atoms with E-state index in [1.165, 1.54) is 18.7 Å². The van der Waals surface area contributed by atoms with Gasteiger partial charge in [-0.25, -0.2) is 4.79 Å². The number of aryl methyl sites for hydroxylation is 1. The summed E-state index contributed by atoms with van der Waals surface area (Å²) in [7, 11) is 1.55. The largest absolute Gasteiger partial charge is 0.454 e. The van der Waals surface area contributed by atoms with Gasteiger partial charge in [-0.15, -0.1) is 11.8 Å². The first-order valence-electron chi connectivity index (χ1n) is 9.64. The smallest absolute Gasteiger partial charge is 0.339 e. The number of esters is 1. The zero-order valence-corrected chi connectivity index (χ0v) is 18.8. The molecule has 1 amide bonds. The number of amides is 1. The third-order valence-corrected chi connectivity index (χ3v) is 5.57. The highest BCUT2D eigenvalue weighted by molar-refractivity contribution is 8.00. The molecule has 1 aromatic heterocycles. The number of H-pyrrole nitrogens is 1. The number of nitrogens with one attached hydrogen (secondary N) is 2. The van der Waals surface area contributed by atoms with E-state index in [1.54, 1.807) is 45.2 Å². The van der Waals surface area contributed by atoms with Crippen molar-refractivity contribution in [3.05, 3.63) is 52.3 Å². The Morgan fingerprint density at radius 2 is 1.84 bits per heavy atom. The molecule has 0 bridgehead atoms. The molecule has 2 rings (SSSR count). The summed E-state index contributed by atoms with van der Waals surface area (Å²) in [5.41, 5.74) is 2.14. The molecule has 8 nitrogen and oxygen atoms in total. The maximum atomic E-state index is 12.6. The quantitative estimate of drug-likeness (QED) is 0.236. The summed E-state index contributed by atoms with van der Waals surface area (Å²) in [5, 5.41) is 2.71. The Labute approximate surface area is 185 Å². The fraction of sp³-hybridized carbons (Fsp3) is 0.364. The summed E-state index contributed by atoms with van der Waals surface area (Å²) in [5.74, 6) is -1.28.